The molecule has 0 aliphatic carbocycles. The predicted octanol–water partition coefficient (Wildman–Crippen LogP) is 5.00. The molecule has 3 rings (SSSR count). The fraction of sp³-hybridized carbons (Fsp3) is 0.348. The number of anilines is 1. The first-order valence-electron chi connectivity index (χ1n) is 10.1. The molecule has 0 radical (unpaired) electrons. The van der Waals surface area contributed by atoms with Gasteiger partial charge in [-0.15, -0.1) is 10.2 Å². The van der Waals surface area contributed by atoms with Crippen LogP contribution in [0.4, 0.5) is 5.69 Å². The molecule has 1 aromatic heterocycles. The highest BCUT2D eigenvalue weighted by atomic mass is 35.5. The van der Waals surface area contributed by atoms with Gasteiger partial charge >= 0.3 is 0 Å². The van der Waals surface area contributed by atoms with Gasteiger partial charge in [0, 0.05) is 24.2 Å². The lowest BCUT2D eigenvalue weighted by Crippen LogP contribution is -2.14. The Morgan fingerprint density at radius 3 is 2.65 bits per heavy atom. The minimum Gasteiger partial charge on any atom is -0.497 e. The second-order valence-corrected chi connectivity index (χ2v) is 8.75. The number of rotatable bonds is 9. The molecule has 1 heterocycles. The summed E-state index contributed by atoms with van der Waals surface area (Å²) in [6.45, 7) is 4.03. The summed E-state index contributed by atoms with van der Waals surface area (Å²) in [6.07, 6.45) is 2.76. The molecule has 164 valence electrons. The molecular weight excluding hydrogens is 432 g/mol. The molecule has 0 aliphatic rings. The lowest BCUT2D eigenvalue weighted by molar-refractivity contribution is -0.113. The molecule has 31 heavy (non-hydrogen) atoms. The fourth-order valence-corrected chi connectivity index (χ4v) is 4.11. The highest BCUT2D eigenvalue weighted by molar-refractivity contribution is 7.99. The van der Waals surface area contributed by atoms with Crippen LogP contribution in [0.5, 0.6) is 5.75 Å². The number of nitrogens with one attached hydrogen (secondary N) is 1. The van der Waals surface area contributed by atoms with Crippen LogP contribution >= 0.6 is 23.4 Å². The van der Waals surface area contributed by atoms with Crippen LogP contribution in [0.1, 0.15) is 28.9 Å². The highest BCUT2D eigenvalue weighted by Crippen LogP contribution is 2.22. The number of benzene rings is 2. The first kappa shape index (κ1) is 23.2. The molecule has 0 saturated carbocycles. The van der Waals surface area contributed by atoms with Crippen molar-refractivity contribution in [3.8, 4) is 5.75 Å². The molecule has 0 saturated heterocycles. The van der Waals surface area contributed by atoms with Crippen LogP contribution in [-0.4, -0.2) is 33.5 Å². The van der Waals surface area contributed by atoms with E-state index < -0.39 is 0 Å². The quantitative estimate of drug-likeness (QED) is 0.457. The van der Waals surface area contributed by atoms with Crippen molar-refractivity contribution in [2.45, 2.75) is 38.3 Å². The Morgan fingerprint density at radius 2 is 1.94 bits per heavy atom. The van der Waals surface area contributed by atoms with Crippen LogP contribution in [0.15, 0.2) is 41.6 Å². The van der Waals surface area contributed by atoms with Gasteiger partial charge in [-0.3, -0.25) is 4.79 Å². The number of thioether (sulfide) groups is 1. The van der Waals surface area contributed by atoms with E-state index in [1.54, 1.807) is 13.2 Å². The molecule has 6 nitrogen and oxygen atoms in total. The monoisotopic (exact) mass is 458 g/mol. The number of carbonyl (C=O) groups excluding carboxylic acids is 1. The second-order valence-electron chi connectivity index (χ2n) is 7.40. The van der Waals surface area contributed by atoms with Crippen molar-refractivity contribution in [1.82, 2.24) is 14.8 Å². The molecule has 0 spiro atoms. The van der Waals surface area contributed by atoms with Gasteiger partial charge in [-0.1, -0.05) is 35.5 Å². The number of hydrogen-bond acceptors (Lipinski definition) is 5. The molecule has 0 atom stereocenters. The van der Waals surface area contributed by atoms with E-state index in [2.05, 4.69) is 34.6 Å². The fourth-order valence-electron chi connectivity index (χ4n) is 3.20. The zero-order valence-corrected chi connectivity index (χ0v) is 19.8. The number of ether oxygens (including phenoxy) is 1. The lowest BCUT2D eigenvalue weighted by Gasteiger charge is -2.08. The summed E-state index contributed by atoms with van der Waals surface area (Å²) in [4.78, 5) is 12.3. The number of halogens is 1. The molecule has 0 fully saturated rings. The van der Waals surface area contributed by atoms with Gasteiger partial charge in [0.15, 0.2) is 5.16 Å². The Kier molecular flexibility index (Phi) is 7.98. The average molecular weight is 459 g/mol. The number of aryl methyl sites for hydroxylation is 4. The third-order valence-corrected chi connectivity index (χ3v) is 6.54. The number of methoxy groups -OCH3 is 1. The zero-order chi connectivity index (χ0) is 22.4. The minimum atomic E-state index is -0.107. The molecule has 1 amide bonds. The summed E-state index contributed by atoms with van der Waals surface area (Å²) >= 11 is 7.48. The summed E-state index contributed by atoms with van der Waals surface area (Å²) < 4.78 is 7.23. The Hall–Kier alpha value is -2.51. The highest BCUT2D eigenvalue weighted by Gasteiger charge is 2.12. The predicted molar refractivity (Wildman–Crippen MR) is 126 cm³/mol. The van der Waals surface area contributed by atoms with Crippen LogP contribution in [0.3, 0.4) is 0 Å². The number of amides is 1. The first-order chi connectivity index (χ1) is 14.9. The lowest BCUT2D eigenvalue weighted by atomic mass is 10.0. The van der Waals surface area contributed by atoms with Crippen LogP contribution in [0.25, 0.3) is 0 Å². The largest absolute Gasteiger partial charge is 0.497 e. The van der Waals surface area contributed by atoms with Gasteiger partial charge in [-0.25, -0.2) is 0 Å². The van der Waals surface area contributed by atoms with Gasteiger partial charge in [-0.05, 0) is 67.6 Å². The number of carbonyl (C=O) groups is 1. The van der Waals surface area contributed by atoms with Gasteiger partial charge in [0.2, 0.25) is 5.91 Å². The summed E-state index contributed by atoms with van der Waals surface area (Å²) in [7, 11) is 3.62. The standard InChI is InChI=1S/C23H27ClN4O2S/c1-15-8-10-18(13-20(15)24)25-22(29)14-31-23-27-26-21(28(23)3)7-5-6-17-9-11-19(30-4)12-16(17)2/h8-13H,5-7,14H2,1-4H3,(H,25,29). The Labute approximate surface area is 192 Å². The summed E-state index contributed by atoms with van der Waals surface area (Å²) in [6, 6.07) is 11.6. The summed E-state index contributed by atoms with van der Waals surface area (Å²) in [5.74, 6) is 1.94. The third-order valence-electron chi connectivity index (χ3n) is 5.11. The van der Waals surface area contributed by atoms with Crippen molar-refractivity contribution in [2.75, 3.05) is 18.2 Å². The molecule has 1 N–H and O–H groups in total. The van der Waals surface area contributed by atoms with Gasteiger partial charge < -0.3 is 14.6 Å². The van der Waals surface area contributed by atoms with E-state index in [9.17, 15) is 4.79 Å². The second kappa shape index (κ2) is 10.7. The van der Waals surface area contributed by atoms with Crippen molar-refractivity contribution in [2.24, 2.45) is 7.05 Å². The van der Waals surface area contributed by atoms with Gasteiger partial charge in [-0.2, -0.15) is 0 Å². The number of hydrogen-bond donors (Lipinski definition) is 1. The van der Waals surface area contributed by atoms with Crippen LogP contribution < -0.4 is 10.1 Å². The van der Waals surface area contributed by atoms with Crippen molar-refractivity contribution >= 4 is 35.0 Å². The molecule has 0 aliphatic heterocycles. The van der Waals surface area contributed by atoms with Gasteiger partial charge in [0.05, 0.1) is 12.9 Å². The van der Waals surface area contributed by atoms with E-state index in [0.717, 1.165) is 41.6 Å². The number of nitrogens with zero attached hydrogens (tertiary/aromatic N) is 3. The van der Waals surface area contributed by atoms with E-state index in [0.29, 0.717) is 10.7 Å². The normalized spacial score (nSPS) is 10.9. The Balaban J connectivity index is 1.49. The van der Waals surface area contributed by atoms with Crippen molar-refractivity contribution in [1.29, 1.82) is 0 Å². The van der Waals surface area contributed by atoms with E-state index in [1.165, 1.54) is 22.9 Å². The molecule has 2 aromatic carbocycles. The SMILES string of the molecule is COc1ccc(CCCc2nnc(SCC(=O)Nc3ccc(C)c(Cl)c3)n2C)c(C)c1. The maximum atomic E-state index is 12.3. The zero-order valence-electron chi connectivity index (χ0n) is 18.2. The minimum absolute atomic E-state index is 0.107. The van der Waals surface area contributed by atoms with Crippen LogP contribution in [0, 0.1) is 13.8 Å². The molecule has 8 heteroatoms. The smallest absolute Gasteiger partial charge is 0.234 e. The summed E-state index contributed by atoms with van der Waals surface area (Å²) in [5.41, 5.74) is 4.20. The molecular formula is C23H27ClN4O2S. The van der Waals surface area contributed by atoms with Gasteiger partial charge in [0.1, 0.15) is 11.6 Å². The average Bonchev–Trinajstić information content (AvgIpc) is 3.10. The van der Waals surface area contributed by atoms with E-state index in [1.807, 2.05) is 36.7 Å². The molecule has 0 unspecified atom stereocenters. The van der Waals surface area contributed by atoms with Crippen molar-refractivity contribution in [3.63, 3.8) is 0 Å². The maximum absolute atomic E-state index is 12.3. The number of aromatic nitrogens is 3. The van der Waals surface area contributed by atoms with Crippen LogP contribution in [-0.2, 0) is 24.7 Å². The van der Waals surface area contributed by atoms with Gasteiger partial charge in [0.25, 0.3) is 0 Å². The van der Waals surface area contributed by atoms with E-state index in [-0.39, 0.29) is 11.7 Å². The Bertz CT molecular complexity index is 1070. The van der Waals surface area contributed by atoms with Crippen molar-refractivity contribution in [3.05, 3.63) is 63.9 Å². The molecule has 0 bridgehead atoms. The topological polar surface area (TPSA) is 69.0 Å². The third kappa shape index (κ3) is 6.24. The Morgan fingerprint density at radius 1 is 1.13 bits per heavy atom. The molecule has 3 aromatic rings. The van der Waals surface area contributed by atoms with E-state index in [4.69, 9.17) is 16.3 Å². The van der Waals surface area contributed by atoms with Crippen LogP contribution in [0.2, 0.25) is 5.02 Å². The van der Waals surface area contributed by atoms with E-state index >= 15 is 0 Å². The first-order valence-corrected chi connectivity index (χ1v) is 11.4. The van der Waals surface area contributed by atoms with Crippen molar-refractivity contribution < 1.29 is 9.53 Å². The summed E-state index contributed by atoms with van der Waals surface area (Å²) in [5, 5.41) is 12.8. The maximum Gasteiger partial charge on any atom is 0.234 e.